The van der Waals surface area contributed by atoms with E-state index in [-0.39, 0.29) is 29.7 Å². The molecule has 150 valence electrons. The molecule has 0 saturated carbocycles. The van der Waals surface area contributed by atoms with E-state index in [2.05, 4.69) is 9.97 Å². The first-order valence-corrected chi connectivity index (χ1v) is 9.66. The van der Waals surface area contributed by atoms with Crippen molar-refractivity contribution < 1.29 is 13.9 Å². The number of aromatic nitrogens is 2. The van der Waals surface area contributed by atoms with Gasteiger partial charge in [-0.05, 0) is 49.6 Å². The molecule has 0 spiro atoms. The number of carbonyl (C=O) groups excluding carboxylic acids is 1. The Morgan fingerprint density at radius 3 is 2.90 bits per heavy atom. The Morgan fingerprint density at radius 2 is 2.14 bits per heavy atom. The number of nitrogens with one attached hydrogen (secondary N) is 1. The summed E-state index contributed by atoms with van der Waals surface area (Å²) in [5.41, 5.74) is 1.05. The number of rotatable bonds is 5. The van der Waals surface area contributed by atoms with Gasteiger partial charge in [0.2, 0.25) is 0 Å². The number of hydrogen-bond donors (Lipinski definition) is 1. The van der Waals surface area contributed by atoms with Crippen LogP contribution in [0.25, 0.3) is 10.9 Å². The van der Waals surface area contributed by atoms with Crippen molar-refractivity contribution in [1.82, 2.24) is 14.9 Å². The van der Waals surface area contributed by atoms with E-state index < -0.39 is 5.82 Å². The zero-order chi connectivity index (χ0) is 20.4. The van der Waals surface area contributed by atoms with Gasteiger partial charge in [0, 0.05) is 18.7 Å². The van der Waals surface area contributed by atoms with Gasteiger partial charge in [0.15, 0.2) is 0 Å². The Labute approximate surface area is 167 Å². The van der Waals surface area contributed by atoms with E-state index in [0.717, 1.165) is 12.8 Å². The second kappa shape index (κ2) is 8.13. The molecule has 1 aliphatic rings. The van der Waals surface area contributed by atoms with Crippen LogP contribution in [0.1, 0.15) is 34.6 Å². The highest BCUT2D eigenvalue weighted by Crippen LogP contribution is 2.18. The Bertz CT molecular complexity index is 1110. The molecule has 4 rings (SSSR count). The minimum absolute atomic E-state index is 0.0820. The second-order valence-electron chi connectivity index (χ2n) is 7.31. The molecule has 1 aliphatic heterocycles. The first kappa shape index (κ1) is 19.3. The molecule has 3 aromatic rings. The normalized spacial score (nSPS) is 16.3. The summed E-state index contributed by atoms with van der Waals surface area (Å²) in [5, 5.41) is 0.494. The average Bonchev–Trinajstić information content (AvgIpc) is 3.22. The number of aryl methyl sites for hydroxylation is 1. The van der Waals surface area contributed by atoms with E-state index in [1.807, 2.05) is 6.07 Å². The van der Waals surface area contributed by atoms with Crippen molar-refractivity contribution in [1.29, 1.82) is 0 Å². The van der Waals surface area contributed by atoms with Gasteiger partial charge < -0.3 is 14.6 Å². The van der Waals surface area contributed by atoms with Crippen LogP contribution < -0.4 is 5.56 Å². The van der Waals surface area contributed by atoms with E-state index in [0.29, 0.717) is 35.4 Å². The van der Waals surface area contributed by atoms with Gasteiger partial charge in [0.1, 0.15) is 11.6 Å². The molecule has 2 heterocycles. The van der Waals surface area contributed by atoms with Crippen LogP contribution in [-0.4, -0.2) is 40.0 Å². The molecule has 2 aromatic carbocycles. The van der Waals surface area contributed by atoms with Crippen LogP contribution in [0, 0.1) is 12.7 Å². The lowest BCUT2D eigenvalue weighted by atomic mass is 10.1. The van der Waals surface area contributed by atoms with Crippen molar-refractivity contribution in [3.8, 4) is 0 Å². The molecular weight excluding hydrogens is 373 g/mol. The molecule has 29 heavy (non-hydrogen) atoms. The average molecular weight is 395 g/mol. The van der Waals surface area contributed by atoms with E-state index in [1.54, 1.807) is 42.2 Å². The van der Waals surface area contributed by atoms with Gasteiger partial charge in [-0.25, -0.2) is 9.37 Å². The highest BCUT2D eigenvalue weighted by atomic mass is 19.1. The van der Waals surface area contributed by atoms with Gasteiger partial charge in [-0.3, -0.25) is 9.59 Å². The molecule has 1 atom stereocenters. The number of H-pyrrole nitrogens is 1. The van der Waals surface area contributed by atoms with Crippen molar-refractivity contribution in [2.75, 3.05) is 13.2 Å². The minimum atomic E-state index is -0.426. The molecule has 6 nitrogen and oxygen atoms in total. The summed E-state index contributed by atoms with van der Waals surface area (Å²) >= 11 is 0. The lowest BCUT2D eigenvalue weighted by molar-refractivity contribution is 0.0501. The summed E-state index contributed by atoms with van der Waals surface area (Å²) in [6.07, 6.45) is 1.71. The zero-order valence-corrected chi connectivity index (χ0v) is 16.2. The van der Waals surface area contributed by atoms with Crippen LogP contribution in [0.4, 0.5) is 4.39 Å². The SMILES string of the molecule is Cc1ccc(C(=O)N(Cc2nc3ccccc3c(=O)[nH]2)C[C@@H]2CCCO2)cc1F. The smallest absolute Gasteiger partial charge is 0.258 e. The number of ether oxygens (including phenoxy) is 1. The van der Waals surface area contributed by atoms with Gasteiger partial charge in [0.05, 0.1) is 23.6 Å². The first-order valence-electron chi connectivity index (χ1n) is 9.66. The van der Waals surface area contributed by atoms with Gasteiger partial charge >= 0.3 is 0 Å². The molecule has 0 bridgehead atoms. The van der Waals surface area contributed by atoms with Gasteiger partial charge in [-0.15, -0.1) is 0 Å². The van der Waals surface area contributed by atoms with Gasteiger partial charge in [0.25, 0.3) is 11.5 Å². The van der Waals surface area contributed by atoms with Gasteiger partial charge in [-0.2, -0.15) is 0 Å². The number of benzene rings is 2. The number of aromatic amines is 1. The molecule has 1 fully saturated rings. The number of fused-ring (bicyclic) bond motifs is 1. The van der Waals surface area contributed by atoms with Crippen molar-refractivity contribution >= 4 is 16.8 Å². The van der Waals surface area contributed by atoms with Crippen molar-refractivity contribution in [3.63, 3.8) is 0 Å². The highest BCUT2D eigenvalue weighted by Gasteiger charge is 2.25. The summed E-state index contributed by atoms with van der Waals surface area (Å²) in [6, 6.07) is 11.5. The molecule has 1 aromatic heterocycles. The van der Waals surface area contributed by atoms with Crippen LogP contribution in [0.2, 0.25) is 0 Å². The third kappa shape index (κ3) is 4.19. The predicted molar refractivity (Wildman–Crippen MR) is 107 cm³/mol. The summed E-state index contributed by atoms with van der Waals surface area (Å²) < 4.78 is 19.7. The van der Waals surface area contributed by atoms with Crippen molar-refractivity contribution in [2.45, 2.75) is 32.4 Å². The quantitative estimate of drug-likeness (QED) is 0.720. The van der Waals surface area contributed by atoms with Crippen LogP contribution in [0.3, 0.4) is 0 Å². The number of amides is 1. The minimum Gasteiger partial charge on any atom is -0.376 e. The van der Waals surface area contributed by atoms with Gasteiger partial charge in [-0.1, -0.05) is 18.2 Å². The Hall–Kier alpha value is -3.06. The largest absolute Gasteiger partial charge is 0.376 e. The van der Waals surface area contributed by atoms with Crippen LogP contribution in [0.15, 0.2) is 47.3 Å². The molecule has 7 heteroatoms. The standard InChI is InChI=1S/C22H22FN3O3/c1-14-8-9-15(11-18(14)23)22(28)26(12-16-5-4-10-29-16)13-20-24-19-7-3-2-6-17(19)21(27)25-20/h2-3,6-9,11,16H,4-5,10,12-13H2,1H3,(H,24,25,27)/t16-/m0/s1. The maximum Gasteiger partial charge on any atom is 0.258 e. The maximum atomic E-state index is 14.0. The second-order valence-corrected chi connectivity index (χ2v) is 7.31. The monoisotopic (exact) mass is 395 g/mol. The lowest BCUT2D eigenvalue weighted by Gasteiger charge is -2.25. The van der Waals surface area contributed by atoms with E-state index in [4.69, 9.17) is 4.74 Å². The zero-order valence-electron chi connectivity index (χ0n) is 16.2. The molecule has 1 saturated heterocycles. The first-order chi connectivity index (χ1) is 14.0. The van der Waals surface area contributed by atoms with Crippen LogP contribution in [0.5, 0.6) is 0 Å². The Kier molecular flexibility index (Phi) is 5.40. The Balaban J connectivity index is 1.65. The lowest BCUT2D eigenvalue weighted by Crippen LogP contribution is -2.38. The summed E-state index contributed by atoms with van der Waals surface area (Å²) in [4.78, 5) is 34.3. The Morgan fingerprint density at radius 1 is 1.31 bits per heavy atom. The topological polar surface area (TPSA) is 75.3 Å². The third-order valence-electron chi connectivity index (χ3n) is 5.16. The fourth-order valence-electron chi connectivity index (χ4n) is 3.55. The van der Waals surface area contributed by atoms with E-state index >= 15 is 0 Å². The van der Waals surface area contributed by atoms with Crippen molar-refractivity contribution in [2.24, 2.45) is 0 Å². The van der Waals surface area contributed by atoms with Crippen molar-refractivity contribution in [3.05, 3.63) is 75.6 Å². The molecule has 0 aliphatic carbocycles. The predicted octanol–water partition coefficient (Wildman–Crippen LogP) is 3.19. The summed E-state index contributed by atoms with van der Waals surface area (Å²) in [7, 11) is 0. The molecule has 0 radical (unpaired) electrons. The number of para-hydroxylation sites is 1. The van der Waals surface area contributed by atoms with Crippen LogP contribution in [-0.2, 0) is 11.3 Å². The number of nitrogens with zero attached hydrogens (tertiary/aromatic N) is 2. The van der Waals surface area contributed by atoms with E-state index in [1.165, 1.54) is 6.07 Å². The van der Waals surface area contributed by atoms with E-state index in [9.17, 15) is 14.0 Å². The molecule has 1 N–H and O–H groups in total. The summed E-state index contributed by atoms with van der Waals surface area (Å²) in [5.74, 6) is -0.368. The fourth-order valence-corrected chi connectivity index (χ4v) is 3.55. The number of halogens is 1. The molecule has 1 amide bonds. The summed E-state index contributed by atoms with van der Waals surface area (Å²) in [6.45, 7) is 2.77. The molecule has 0 unspecified atom stereocenters. The number of hydrogen-bond acceptors (Lipinski definition) is 4. The van der Waals surface area contributed by atoms with Crippen LogP contribution >= 0.6 is 0 Å². The maximum absolute atomic E-state index is 14.0. The third-order valence-corrected chi connectivity index (χ3v) is 5.16. The number of carbonyl (C=O) groups is 1. The fraction of sp³-hybridized carbons (Fsp3) is 0.318. The highest BCUT2D eigenvalue weighted by molar-refractivity contribution is 5.94. The molecular formula is C22H22FN3O3.